The minimum atomic E-state index is -0.806. The summed E-state index contributed by atoms with van der Waals surface area (Å²) in [6.07, 6.45) is 0. The van der Waals surface area contributed by atoms with Crippen LogP contribution < -0.4 is 5.32 Å². The Kier molecular flexibility index (Phi) is 5.53. The van der Waals surface area contributed by atoms with E-state index in [0.29, 0.717) is 11.3 Å². The molecule has 0 saturated carbocycles. The third kappa shape index (κ3) is 4.03. The van der Waals surface area contributed by atoms with Gasteiger partial charge >= 0.3 is 11.9 Å². The Morgan fingerprint density at radius 2 is 1.84 bits per heavy atom. The Balaban J connectivity index is 2.02. The summed E-state index contributed by atoms with van der Waals surface area (Å²) in [5.74, 6) is -2.67. The van der Waals surface area contributed by atoms with E-state index in [1.807, 2.05) is 0 Å². The number of esters is 2. The smallest absolute Gasteiger partial charge is 0.355 e. The lowest BCUT2D eigenvalue weighted by Gasteiger charge is -2.07. The fraction of sp³-hybridized carbons (Fsp3) is 0.235. The molecule has 8 heteroatoms. The minimum Gasteiger partial charge on any atom is -0.465 e. The molecule has 1 aromatic heterocycles. The zero-order chi connectivity index (χ0) is 18.6. The van der Waals surface area contributed by atoms with Gasteiger partial charge in [-0.3, -0.25) is 4.79 Å². The first-order valence-corrected chi connectivity index (χ1v) is 7.34. The summed E-state index contributed by atoms with van der Waals surface area (Å²) in [7, 11) is 1.24. The highest BCUT2D eigenvalue weighted by Crippen LogP contribution is 2.19. The zero-order valence-corrected chi connectivity index (χ0v) is 13.9. The van der Waals surface area contributed by atoms with Gasteiger partial charge in [-0.2, -0.15) is 0 Å². The lowest BCUT2D eigenvalue weighted by Crippen LogP contribution is -2.22. The largest absolute Gasteiger partial charge is 0.465 e. The van der Waals surface area contributed by atoms with Crippen LogP contribution in [0.4, 0.5) is 10.1 Å². The normalized spacial score (nSPS) is 10.2. The van der Waals surface area contributed by atoms with Crippen LogP contribution in [0.25, 0.3) is 0 Å². The molecule has 0 radical (unpaired) electrons. The van der Waals surface area contributed by atoms with Gasteiger partial charge in [0, 0.05) is 5.69 Å². The molecular formula is C17H17FN2O5. The summed E-state index contributed by atoms with van der Waals surface area (Å²) in [5, 5.41) is 2.30. The third-order valence-electron chi connectivity index (χ3n) is 3.51. The van der Waals surface area contributed by atoms with Crippen LogP contribution in [0.5, 0.6) is 0 Å². The maximum atomic E-state index is 13.5. The molecule has 1 aromatic carbocycles. The van der Waals surface area contributed by atoms with Crippen molar-refractivity contribution < 1.29 is 28.2 Å². The zero-order valence-electron chi connectivity index (χ0n) is 13.9. The average molecular weight is 348 g/mol. The fourth-order valence-electron chi connectivity index (χ4n) is 2.31. The summed E-state index contributed by atoms with van der Waals surface area (Å²) in [6, 6.07) is 5.63. The predicted octanol–water partition coefficient (Wildman–Crippen LogP) is 2.35. The van der Waals surface area contributed by atoms with Crippen molar-refractivity contribution in [1.29, 1.82) is 0 Å². The number of carbonyl (C=O) groups is 3. The number of amides is 1. The van der Waals surface area contributed by atoms with Crippen LogP contribution in [0.2, 0.25) is 0 Å². The summed E-state index contributed by atoms with van der Waals surface area (Å²) in [5.41, 5.74) is 1.10. The van der Waals surface area contributed by atoms with Gasteiger partial charge in [-0.25, -0.2) is 14.0 Å². The van der Waals surface area contributed by atoms with Crippen LogP contribution >= 0.6 is 0 Å². The maximum absolute atomic E-state index is 13.5. The van der Waals surface area contributed by atoms with Gasteiger partial charge in [-0.1, -0.05) is 12.1 Å². The van der Waals surface area contributed by atoms with Gasteiger partial charge in [0.05, 0.1) is 18.4 Å². The Hall–Kier alpha value is -3.16. The lowest BCUT2D eigenvalue weighted by molar-refractivity contribution is -0.119. The molecule has 25 heavy (non-hydrogen) atoms. The number of carbonyl (C=O) groups excluding carboxylic acids is 3. The molecule has 1 heterocycles. The first-order valence-electron chi connectivity index (χ1n) is 7.34. The Labute approximate surface area is 143 Å². The van der Waals surface area contributed by atoms with Gasteiger partial charge < -0.3 is 19.8 Å². The first-order chi connectivity index (χ1) is 11.8. The fourth-order valence-corrected chi connectivity index (χ4v) is 2.31. The number of rotatable bonds is 5. The third-order valence-corrected chi connectivity index (χ3v) is 3.51. The highest BCUT2D eigenvalue weighted by molar-refractivity contribution is 5.99. The minimum absolute atomic E-state index is 0.0107. The van der Waals surface area contributed by atoms with Crippen molar-refractivity contribution in [2.75, 3.05) is 19.0 Å². The number of hydrogen-bond donors (Lipinski definition) is 2. The van der Waals surface area contributed by atoms with E-state index in [9.17, 15) is 18.8 Å². The second kappa shape index (κ2) is 7.61. The maximum Gasteiger partial charge on any atom is 0.355 e. The van der Waals surface area contributed by atoms with Crippen LogP contribution in [-0.2, 0) is 14.3 Å². The molecule has 2 rings (SSSR count). The van der Waals surface area contributed by atoms with Crippen LogP contribution in [0.15, 0.2) is 24.3 Å². The van der Waals surface area contributed by atoms with E-state index in [4.69, 9.17) is 4.74 Å². The molecule has 132 valence electrons. The number of H-pyrrole nitrogens is 1. The van der Waals surface area contributed by atoms with Crippen molar-refractivity contribution >= 4 is 23.5 Å². The topological polar surface area (TPSA) is 97.5 Å². The second-order valence-electron chi connectivity index (χ2n) is 5.22. The van der Waals surface area contributed by atoms with Gasteiger partial charge in [0.2, 0.25) is 0 Å². The van der Waals surface area contributed by atoms with Crippen molar-refractivity contribution in [3.63, 3.8) is 0 Å². The first kappa shape index (κ1) is 18.2. The second-order valence-corrected chi connectivity index (χ2v) is 5.22. The number of halogens is 1. The van der Waals surface area contributed by atoms with E-state index in [0.717, 1.165) is 0 Å². The highest BCUT2D eigenvalue weighted by atomic mass is 19.1. The van der Waals surface area contributed by atoms with Crippen molar-refractivity contribution in [1.82, 2.24) is 4.98 Å². The number of nitrogens with one attached hydrogen (secondary N) is 2. The molecule has 0 atom stereocenters. The Morgan fingerprint density at radius 1 is 1.16 bits per heavy atom. The average Bonchev–Trinajstić information content (AvgIpc) is 2.88. The van der Waals surface area contributed by atoms with Crippen molar-refractivity contribution in [3.05, 3.63) is 52.6 Å². The number of methoxy groups -OCH3 is 1. The highest BCUT2D eigenvalue weighted by Gasteiger charge is 2.23. The molecule has 0 unspecified atom stereocenters. The number of aromatic nitrogens is 1. The monoisotopic (exact) mass is 348 g/mol. The van der Waals surface area contributed by atoms with E-state index in [1.54, 1.807) is 19.9 Å². The lowest BCUT2D eigenvalue weighted by atomic mass is 10.1. The SMILES string of the molecule is COC(=O)c1c(C)[nH]c(C(=O)OCC(=O)Nc2ccccc2F)c1C. The molecule has 0 saturated heterocycles. The molecule has 0 bridgehead atoms. The summed E-state index contributed by atoms with van der Waals surface area (Å²) >= 11 is 0. The van der Waals surface area contributed by atoms with Gasteiger partial charge in [-0.15, -0.1) is 0 Å². The Morgan fingerprint density at radius 3 is 2.48 bits per heavy atom. The number of para-hydroxylation sites is 1. The summed E-state index contributed by atoms with van der Waals surface area (Å²) in [4.78, 5) is 38.3. The predicted molar refractivity (Wildman–Crippen MR) is 86.9 cm³/mol. The van der Waals surface area contributed by atoms with Crippen molar-refractivity contribution in [2.45, 2.75) is 13.8 Å². The molecule has 1 amide bonds. The van der Waals surface area contributed by atoms with Gasteiger partial charge in [0.1, 0.15) is 11.5 Å². The van der Waals surface area contributed by atoms with Gasteiger partial charge in [0.25, 0.3) is 5.91 Å². The molecule has 0 spiro atoms. The van der Waals surface area contributed by atoms with Crippen LogP contribution in [0.1, 0.15) is 32.1 Å². The van der Waals surface area contributed by atoms with Crippen LogP contribution in [0.3, 0.4) is 0 Å². The number of ether oxygens (including phenoxy) is 2. The standard InChI is InChI=1S/C17H17FN2O5/c1-9-14(16(22)24-3)10(2)19-15(9)17(23)25-8-13(21)20-12-7-5-4-6-11(12)18/h4-7,19H,8H2,1-3H3,(H,20,21). The van der Waals surface area contributed by atoms with E-state index in [2.05, 4.69) is 15.0 Å². The van der Waals surface area contributed by atoms with E-state index in [-0.39, 0.29) is 16.9 Å². The van der Waals surface area contributed by atoms with Gasteiger partial charge in [0.15, 0.2) is 6.61 Å². The molecule has 0 fully saturated rings. The molecule has 2 aromatic rings. The summed E-state index contributed by atoms with van der Waals surface area (Å²) < 4.78 is 23.0. The molecule has 0 aliphatic carbocycles. The number of aryl methyl sites for hydroxylation is 1. The number of hydrogen-bond acceptors (Lipinski definition) is 5. The molecule has 2 N–H and O–H groups in total. The van der Waals surface area contributed by atoms with Crippen LogP contribution in [0, 0.1) is 19.7 Å². The van der Waals surface area contributed by atoms with E-state index >= 15 is 0 Å². The van der Waals surface area contributed by atoms with Gasteiger partial charge in [-0.05, 0) is 31.5 Å². The number of aromatic amines is 1. The molecule has 7 nitrogen and oxygen atoms in total. The quantitative estimate of drug-likeness (QED) is 0.809. The number of anilines is 1. The summed E-state index contributed by atoms with van der Waals surface area (Å²) in [6.45, 7) is 2.57. The molecular weight excluding hydrogens is 331 g/mol. The van der Waals surface area contributed by atoms with Crippen molar-refractivity contribution in [3.8, 4) is 0 Å². The van der Waals surface area contributed by atoms with E-state index in [1.165, 1.54) is 25.3 Å². The molecule has 0 aliphatic heterocycles. The van der Waals surface area contributed by atoms with Crippen LogP contribution in [-0.4, -0.2) is 36.5 Å². The van der Waals surface area contributed by atoms with Crippen molar-refractivity contribution in [2.24, 2.45) is 0 Å². The number of benzene rings is 1. The molecule has 0 aliphatic rings. The van der Waals surface area contributed by atoms with E-state index < -0.39 is 30.3 Å². The Bertz CT molecular complexity index is 828.